The predicted molar refractivity (Wildman–Crippen MR) is 515 cm³/mol. The maximum absolute atomic E-state index is 12.6. The third kappa shape index (κ3) is 56.5. The fraction of sp³-hybridized carbons (Fsp3) is 1.00. The predicted octanol–water partition coefficient (Wildman–Crippen LogP) is 34.8. The zero-order chi connectivity index (χ0) is 86.8. The van der Waals surface area contributed by atoms with Crippen molar-refractivity contribution in [2.45, 2.75) is 628 Å². The average Bonchev–Trinajstić information content (AvgIpc) is 1.73. The second-order valence-corrected chi connectivity index (χ2v) is 45.3. The number of unbranched alkanes of at least 4 members (excludes halogenated alkanes) is 23. The maximum atomic E-state index is 12.6. The van der Waals surface area contributed by atoms with Crippen LogP contribution in [-0.2, 0) is 18.9 Å². The average molecular weight is 1650 g/mol. The number of aliphatic hydroxyl groups is 3. The van der Waals surface area contributed by atoms with E-state index in [2.05, 4.69) is 145 Å². The van der Waals surface area contributed by atoms with E-state index in [1.54, 1.807) is 0 Å². The van der Waals surface area contributed by atoms with Gasteiger partial charge in [0.2, 0.25) is 0 Å². The second-order valence-electron chi connectivity index (χ2n) is 45.3. The van der Waals surface area contributed by atoms with Gasteiger partial charge in [-0.25, -0.2) is 0 Å². The van der Waals surface area contributed by atoms with Gasteiger partial charge in [-0.3, -0.25) is 0 Å². The van der Waals surface area contributed by atoms with Gasteiger partial charge < -0.3 is 34.3 Å². The van der Waals surface area contributed by atoms with E-state index >= 15 is 0 Å². The lowest BCUT2D eigenvalue weighted by atomic mass is 9.78. The quantitative estimate of drug-likeness (QED) is 0.0522. The van der Waals surface area contributed by atoms with Crippen LogP contribution in [0.5, 0.6) is 0 Å². The summed E-state index contributed by atoms with van der Waals surface area (Å²) in [5, 5.41) is 36.7. The molecule has 700 valence electrons. The van der Waals surface area contributed by atoms with Gasteiger partial charge in [-0.2, -0.15) is 0 Å². The molecule has 5 unspecified atom stereocenters. The summed E-state index contributed by atoms with van der Waals surface area (Å²) in [5.74, 6) is 8.90. The van der Waals surface area contributed by atoms with E-state index in [1.165, 1.54) is 308 Å². The van der Waals surface area contributed by atoms with Crippen LogP contribution >= 0.6 is 0 Å². The third-order valence-electron chi connectivity index (χ3n) is 29.9. The van der Waals surface area contributed by atoms with Crippen molar-refractivity contribution in [2.75, 3.05) is 6.61 Å². The molecule has 2 saturated heterocycles. The van der Waals surface area contributed by atoms with Crippen LogP contribution in [0.2, 0.25) is 0 Å². The van der Waals surface area contributed by atoms with E-state index in [4.69, 9.17) is 18.9 Å². The Balaban J connectivity index is 2.41. The first kappa shape index (κ1) is 113. The van der Waals surface area contributed by atoms with Gasteiger partial charge in [0.15, 0.2) is 0 Å². The largest absolute Gasteiger partial charge is 0.390 e. The molecule has 0 aromatic rings. The molecule has 0 amide bonds. The van der Waals surface area contributed by atoms with Gasteiger partial charge >= 0.3 is 0 Å². The van der Waals surface area contributed by atoms with Gasteiger partial charge in [0.1, 0.15) is 5.60 Å². The molecule has 2 aliphatic rings. The van der Waals surface area contributed by atoms with Gasteiger partial charge in [-0.15, -0.1) is 0 Å². The molecule has 0 saturated carbocycles. The van der Waals surface area contributed by atoms with Crippen LogP contribution in [0, 0.1) is 71.0 Å². The Bertz CT molecular complexity index is 2210. The normalized spacial score (nSPS) is 22.1. The number of hydrogen-bond donors (Lipinski definition) is 3. The van der Waals surface area contributed by atoms with Crippen molar-refractivity contribution in [1.29, 1.82) is 0 Å². The highest BCUT2D eigenvalue weighted by Gasteiger charge is 2.54. The van der Waals surface area contributed by atoms with Crippen LogP contribution in [0.1, 0.15) is 570 Å². The molecule has 0 aromatic heterocycles. The summed E-state index contributed by atoms with van der Waals surface area (Å²) in [5.41, 5.74) is -4.14. The minimum Gasteiger partial charge on any atom is -0.390 e. The smallest absolute Gasteiger partial charge is 0.111 e. The first-order valence-electron chi connectivity index (χ1n) is 53.4. The summed E-state index contributed by atoms with van der Waals surface area (Å²) >= 11 is 0. The van der Waals surface area contributed by atoms with Gasteiger partial charge in [0.25, 0.3) is 0 Å². The van der Waals surface area contributed by atoms with Crippen molar-refractivity contribution >= 4 is 0 Å². The molecule has 7 heteroatoms. The molecule has 0 aromatic carbocycles. The Hall–Kier alpha value is -0.280. The van der Waals surface area contributed by atoms with Crippen LogP contribution in [0.25, 0.3) is 0 Å². The van der Waals surface area contributed by atoms with Crippen molar-refractivity contribution in [3.05, 3.63) is 0 Å². The Morgan fingerprint density at radius 2 is 0.573 bits per heavy atom. The zero-order valence-corrected chi connectivity index (χ0v) is 84.0. The SMILES string of the molecule is CCCCCCCCCCCCCCCCCCCCCCCCCCC(O)C(C)(O)CO[C@@H]1CC[C@@H](C(C)(CCC[C@H](C)CCC[C@H](C)CCCC(C)C)OC(C)(CCC[C@H](C)CCC[C@H](C)CCCC(C)C)[C@H]2CC[C@H](C(C)(O)CCC[C@H](C)CCC[C@H](C)CCCC(C)C)O2)O[C@@]1(C)CCC[C@H](C)CCC[C@H](C)CCCC(C)C. The molecular formula is C110H218O7. The molecule has 0 aliphatic carbocycles. The fourth-order valence-electron chi connectivity index (χ4n) is 20.9. The lowest BCUT2D eigenvalue weighted by Crippen LogP contribution is -2.60. The van der Waals surface area contributed by atoms with Crippen molar-refractivity contribution < 1.29 is 34.3 Å². The Morgan fingerprint density at radius 1 is 0.308 bits per heavy atom. The topological polar surface area (TPSA) is 97.6 Å². The summed E-state index contributed by atoms with van der Waals surface area (Å²) < 4.78 is 30.9. The van der Waals surface area contributed by atoms with Gasteiger partial charge in [-0.1, -0.05) is 477 Å². The first-order valence-corrected chi connectivity index (χ1v) is 53.4. The van der Waals surface area contributed by atoms with Crippen LogP contribution in [0.3, 0.4) is 0 Å². The lowest BCUT2D eigenvalue weighted by Gasteiger charge is -2.53. The van der Waals surface area contributed by atoms with E-state index in [0.717, 1.165) is 150 Å². The second kappa shape index (κ2) is 67.0. The van der Waals surface area contributed by atoms with Crippen LogP contribution < -0.4 is 0 Å². The molecule has 2 fully saturated rings. The zero-order valence-electron chi connectivity index (χ0n) is 84.0. The molecule has 2 aliphatic heterocycles. The summed E-state index contributed by atoms with van der Waals surface area (Å²) in [6.45, 7) is 52.3. The molecule has 3 N–H and O–H groups in total. The Labute approximate surface area is 735 Å². The minimum atomic E-state index is -1.37. The van der Waals surface area contributed by atoms with Gasteiger partial charge in [-0.05, 0) is 163 Å². The van der Waals surface area contributed by atoms with E-state index in [1.807, 2.05) is 6.92 Å². The molecule has 0 bridgehead atoms. The number of rotatable bonds is 82. The first-order chi connectivity index (χ1) is 55.6. The highest BCUT2D eigenvalue weighted by Crippen LogP contribution is 2.48. The van der Waals surface area contributed by atoms with Crippen molar-refractivity contribution in [3.8, 4) is 0 Å². The van der Waals surface area contributed by atoms with E-state index < -0.39 is 34.1 Å². The van der Waals surface area contributed by atoms with Crippen LogP contribution in [-0.4, -0.2) is 80.5 Å². The molecule has 7 nitrogen and oxygen atoms in total. The number of aliphatic hydroxyl groups excluding tert-OH is 1. The summed E-state index contributed by atoms with van der Waals surface area (Å²) in [7, 11) is 0. The third-order valence-corrected chi connectivity index (χ3v) is 29.9. The van der Waals surface area contributed by atoms with Crippen LogP contribution in [0.15, 0.2) is 0 Å². The monoisotopic (exact) mass is 1650 g/mol. The molecule has 117 heavy (non-hydrogen) atoms. The van der Waals surface area contributed by atoms with Crippen molar-refractivity contribution in [3.63, 3.8) is 0 Å². The van der Waals surface area contributed by atoms with E-state index in [9.17, 15) is 15.3 Å². The Kier molecular flexibility index (Phi) is 64.6. The summed E-state index contributed by atoms with van der Waals surface area (Å²) in [6.07, 6.45) is 79.3. The number of ether oxygens (including phenoxy) is 4. The van der Waals surface area contributed by atoms with E-state index in [0.29, 0.717) is 30.1 Å². The van der Waals surface area contributed by atoms with Crippen LogP contribution in [0.4, 0.5) is 0 Å². The van der Waals surface area contributed by atoms with Crippen molar-refractivity contribution in [1.82, 2.24) is 0 Å². The highest BCUT2D eigenvalue weighted by molar-refractivity contribution is 5.03. The van der Waals surface area contributed by atoms with E-state index in [-0.39, 0.29) is 31.0 Å². The Morgan fingerprint density at radius 3 is 0.897 bits per heavy atom. The number of hydrogen-bond acceptors (Lipinski definition) is 7. The molecule has 0 spiro atoms. The highest BCUT2D eigenvalue weighted by atomic mass is 16.6. The van der Waals surface area contributed by atoms with Gasteiger partial charge in [0, 0.05) is 0 Å². The molecule has 2 heterocycles. The maximum Gasteiger partial charge on any atom is 0.111 e. The molecule has 0 radical (unpaired) electrons. The summed E-state index contributed by atoms with van der Waals surface area (Å²) in [6, 6.07) is 0. The minimum absolute atomic E-state index is 0.0882. The van der Waals surface area contributed by atoms with Crippen molar-refractivity contribution in [2.24, 2.45) is 71.0 Å². The molecule has 18 atom stereocenters. The molecular weight excluding hydrogens is 1430 g/mol. The molecule has 2 rings (SSSR count). The fourth-order valence-corrected chi connectivity index (χ4v) is 20.9. The van der Waals surface area contributed by atoms with Gasteiger partial charge in [0.05, 0.1) is 59.5 Å². The standard InChI is InChI=1S/C110H218O7/c1-23-24-25-26-27-28-29-30-31-32-33-34-35-36-37-38-39-40-41-42-43-44-45-46-79-101(111)107(19,113)88-114-103-81-83-105(116-108(103,20)85-56-76-98(15)72-52-68-94(11)64-48-60-90(4)5)110(22,87-58-78-100(17)74-54-70-96(13)66-50-62-92(8)9)117-109(21,86-57-77-99(16)73-53-69-95(12)65-49-61-91(6)7)104-82-80-102(115-104)106(18,112)84-55-75-97(14)71-51-67-93(10)63-47-59-89(2)3/h89-105,111-113H,23-88H2,1-22H3/t93-,94-,95-,96-,97-,98-,99-,100-,101?,102-,103-,104-,105+,106?,107?,108+,109?,110?/m1/s1. The lowest BCUT2D eigenvalue weighted by molar-refractivity contribution is -0.290. The summed E-state index contributed by atoms with van der Waals surface area (Å²) in [4.78, 5) is 0.